The van der Waals surface area contributed by atoms with Crippen LogP contribution in [0.25, 0.3) is 0 Å². The Morgan fingerprint density at radius 2 is 0.518 bits per heavy atom. The summed E-state index contributed by atoms with van der Waals surface area (Å²) < 4.78 is 97.5. The Balaban J connectivity index is -0.000000142. The van der Waals surface area contributed by atoms with Crippen LogP contribution in [-0.2, 0) is 319 Å². The maximum absolute atomic E-state index is 10.9. The molecule has 0 spiro atoms. The minimum absolute atomic E-state index is 0. The van der Waals surface area contributed by atoms with Crippen LogP contribution >= 0.6 is 0 Å². The van der Waals surface area contributed by atoms with Crippen LogP contribution in [0, 0.1) is 48.5 Å². The van der Waals surface area contributed by atoms with Gasteiger partial charge in [0.1, 0.15) is 12.2 Å². The molecule has 21 atom stereocenters. The van der Waals surface area contributed by atoms with Crippen molar-refractivity contribution in [3.05, 3.63) is 230 Å². The van der Waals surface area contributed by atoms with Crippen molar-refractivity contribution in [1.82, 2.24) is 0 Å². The van der Waals surface area contributed by atoms with Gasteiger partial charge in [0.05, 0.1) is 106 Å². The summed E-state index contributed by atoms with van der Waals surface area (Å²) in [6, 6.07) is 48.0. The van der Waals surface area contributed by atoms with Crippen LogP contribution in [0.3, 0.4) is 0 Å². The average molecular weight is 2490 g/mol. The molecule has 0 saturated carbocycles. The van der Waals surface area contributed by atoms with Crippen molar-refractivity contribution in [3.8, 4) is 0 Å². The summed E-state index contributed by atoms with van der Waals surface area (Å²) in [5, 5.41) is 83.0. The zero-order chi connectivity index (χ0) is 101. The smallest absolute Gasteiger partial charge is 0.451 e. The Hall–Kier alpha value is 1.82. The Morgan fingerprint density at radius 3 is 0.683 bits per heavy atom. The maximum atomic E-state index is 10.9. The van der Waals surface area contributed by atoms with Crippen LogP contribution in [0.4, 0.5) is 9.59 Å². The summed E-state index contributed by atoms with van der Waals surface area (Å²) >= 11 is 0. The first-order chi connectivity index (χ1) is 62.4. The van der Waals surface area contributed by atoms with E-state index in [-0.39, 0.29) is 352 Å². The van der Waals surface area contributed by atoms with E-state index in [1.807, 2.05) is 194 Å². The molecule has 0 unspecified atom stereocenters. The van der Waals surface area contributed by atoms with Gasteiger partial charge in [-0.3, -0.25) is 0 Å². The predicted octanol–water partition coefficient (Wildman–Crippen LogP) is 12.3. The standard InChI is InChI=1S/2C10H18BO4.C9H16BO4.2C9H15O4.2C8H15O2.4C6H6.2C2H7BO2.C2H7BO.CH5BO2.7Y/c1-7(5-11(12)13)6-14-10-4-8(2)15-9(10)3;1-8-7-10(9(2)15-8)14-6-4-5-11(12)13-3;1-7-6-9(8(2)14-7)13-5-3-4-10(11)12;2*1-4-11-9(10)13-8-5-6(2)12-7(8)3;2*1-4-9-8-5-6(2)10-7(8)3;4*1-2-4-6-5-3-1;2*1-3(4)5-2;1-3(2)4;1-2(3)4;;;;;;;/h5,8-10,12-13H,3-4,6H2,1-2H3;4-5,8-10,12H,2,6-7H2,1,3H3;3-4,7-9,11-12H,2,5-6H2,1H3;2*6-8H,3-5H2,1-2H3;2*6-8H,3-5H2,1-2H3;4*1-6H;2*4H,1-2H3;4H,1-2H3;3-4H,1H3;;;;;;;/q7*-1;;;;;;;;;;;;;;;/b7-5-;5-4-;4-3-;;;;;;;;;;;;;;;;;;;/t2*8-,9+,10+;7-,8+,9+;4*6-,7+,8+;;;;;;;;;;;;;;;/m0000000.............../s1. The predicted molar refractivity (Wildman–Crippen MR) is 525 cm³/mol. The third-order valence-corrected chi connectivity index (χ3v) is 17.5. The number of ether oxygens (including phenoxy) is 16. The first-order valence-electron chi connectivity index (χ1n) is 45.0. The van der Waals surface area contributed by atoms with Crippen molar-refractivity contribution in [2.45, 2.75) is 290 Å². The zero-order valence-electron chi connectivity index (χ0n) is 86.3. The van der Waals surface area contributed by atoms with Gasteiger partial charge in [0, 0.05) is 276 Å². The van der Waals surface area contributed by atoms with Crippen molar-refractivity contribution in [1.29, 1.82) is 0 Å². The largest absolute Gasteiger partial charge is 0.508 e. The molecule has 45 heteroatoms. The third-order valence-electron chi connectivity index (χ3n) is 17.5. The Kier molecular flexibility index (Phi) is 129. The summed E-state index contributed by atoms with van der Waals surface area (Å²) in [6.45, 7) is 60.8. The molecular formula is C94H162B7O31Y7-7. The molecule has 7 fully saturated rings. The minimum Gasteiger partial charge on any atom is -0.451 e. The van der Waals surface area contributed by atoms with Gasteiger partial charge in [-0.25, -0.2) is 9.59 Å². The molecule has 7 aliphatic heterocycles. The second-order valence-electron chi connectivity index (χ2n) is 30.6. The summed E-state index contributed by atoms with van der Waals surface area (Å²) in [5.41, 5.74) is 0.789. The number of hydrogen-bond donors (Lipinski definition) is 10. The van der Waals surface area contributed by atoms with E-state index in [9.17, 15) is 9.59 Å². The molecule has 0 bridgehead atoms. The van der Waals surface area contributed by atoms with E-state index in [0.717, 1.165) is 50.9 Å². The van der Waals surface area contributed by atoms with Crippen molar-refractivity contribution < 1.29 is 379 Å². The van der Waals surface area contributed by atoms with E-state index in [0.29, 0.717) is 58.1 Å². The van der Waals surface area contributed by atoms with Crippen LogP contribution in [-0.4, -0.2) is 308 Å². The molecule has 31 nitrogen and oxygen atoms in total. The van der Waals surface area contributed by atoms with Gasteiger partial charge in [0.25, 0.3) is 6.92 Å². The minimum atomic E-state index is -1.41. The van der Waals surface area contributed by atoms with Crippen molar-refractivity contribution in [2.75, 3.05) is 67.6 Å². The first-order valence-corrected chi connectivity index (χ1v) is 45.0. The van der Waals surface area contributed by atoms with E-state index in [2.05, 4.69) is 85.8 Å². The molecule has 4 aromatic carbocycles. The molecule has 7 saturated heterocycles. The fourth-order valence-corrected chi connectivity index (χ4v) is 11.4. The molecule has 0 aliphatic carbocycles. The number of benzene rings is 4. The summed E-state index contributed by atoms with van der Waals surface area (Å²) in [6.07, 6.45) is 8.45. The van der Waals surface area contributed by atoms with Crippen LogP contribution < -0.4 is 0 Å². The Bertz CT molecular complexity index is 2960. The quantitative estimate of drug-likeness (QED) is 0.0187. The number of carbonyl (C=O) groups is 2. The molecule has 7 radical (unpaired) electrons. The van der Waals surface area contributed by atoms with Gasteiger partial charge < -0.3 is 188 Å². The summed E-state index contributed by atoms with van der Waals surface area (Å²) in [5.74, 6) is 4.14. The van der Waals surface area contributed by atoms with Crippen LogP contribution in [0.15, 0.2) is 181 Å². The van der Waals surface area contributed by atoms with Gasteiger partial charge in [0.2, 0.25) is 0 Å². The van der Waals surface area contributed by atoms with Crippen molar-refractivity contribution >= 4 is 61.9 Å². The SMILES string of the molecule is CB(C)O.CB(O)O.COB(C)O.COB(C)O.[CH2-][C@H]1O[C@@H](C)C[C@H]1OC(=O)OCC.[CH2-][C@H]1O[C@@H](C)C[C@H]1OC(=O)OCC.[CH2-][C@H]1O[C@@H](C)C[C@H]1OC/C(C)=C\B(O)O.[CH2-][C@H]1O[C@@H](C)C[C@H]1OC/C=C\B(O)O.[CH2-][C@H]1O[C@@H](C)C[C@H]1OC/C=C\B(O)OC.[CH2-][C@H]1O[C@@H](C)C[C@H]1OCC.[CH2-][C@H]1O[C@@H](C)C[C@H]1OCC.[Y].[Y].[Y].[Y].[Y].[Y].[Y].c1ccccc1.c1ccccc1.c1ccccc1.c1ccccc1. The zero-order valence-corrected chi connectivity index (χ0v) is 106. The fourth-order valence-electron chi connectivity index (χ4n) is 11.4. The van der Waals surface area contributed by atoms with E-state index < -0.39 is 55.0 Å². The van der Waals surface area contributed by atoms with Gasteiger partial charge >= 0.3 is 55.0 Å². The Labute approximate surface area is 1010 Å². The second-order valence-corrected chi connectivity index (χ2v) is 30.6. The van der Waals surface area contributed by atoms with Crippen molar-refractivity contribution in [2.24, 2.45) is 0 Å². The molecule has 7 aliphatic rings. The number of hydrogen-bond acceptors (Lipinski definition) is 31. The van der Waals surface area contributed by atoms with E-state index in [1.54, 1.807) is 60.2 Å². The molecule has 7 heterocycles. The van der Waals surface area contributed by atoms with Gasteiger partial charge in [0.15, 0.2) is 0 Å². The van der Waals surface area contributed by atoms with Crippen LogP contribution in [0.5, 0.6) is 0 Å². The topological polar surface area (TPSA) is 412 Å². The molecular weight excluding hydrogens is 2320 g/mol. The maximum Gasteiger partial charge on any atom is 0.508 e. The number of rotatable bonds is 23. The third kappa shape index (κ3) is 105. The molecule has 0 amide bonds. The van der Waals surface area contributed by atoms with Gasteiger partial charge in [-0.2, -0.15) is 0 Å². The van der Waals surface area contributed by atoms with Crippen LogP contribution in [0.1, 0.15) is 128 Å². The molecule has 139 heavy (non-hydrogen) atoms. The number of carbonyl (C=O) groups excluding carboxylic acids is 2. The second kappa shape index (κ2) is 110. The summed E-state index contributed by atoms with van der Waals surface area (Å²) in [4.78, 5) is 21.8. The first kappa shape index (κ1) is 163. The molecule has 10 N–H and O–H groups in total. The molecule has 0 aromatic heterocycles. The van der Waals surface area contributed by atoms with Crippen LogP contribution in [0.2, 0.25) is 34.1 Å². The van der Waals surface area contributed by atoms with Gasteiger partial charge in [-0.1, -0.05) is 195 Å². The molecule has 4 aromatic rings. The van der Waals surface area contributed by atoms with Crippen molar-refractivity contribution in [3.63, 3.8) is 0 Å². The van der Waals surface area contributed by atoms with Gasteiger partial charge in [-0.15, -0.1) is 0 Å². The average Bonchev–Trinajstić information content (AvgIpc) is 1.75. The molecule has 11 rings (SSSR count). The molecule has 773 valence electrons. The van der Waals surface area contributed by atoms with Gasteiger partial charge in [-0.05, 0) is 178 Å². The monoisotopic (exact) mass is 2490 g/mol. The van der Waals surface area contributed by atoms with E-state index >= 15 is 0 Å². The van der Waals surface area contributed by atoms with E-state index in [4.69, 9.17) is 117 Å². The Morgan fingerprint density at radius 1 is 0.324 bits per heavy atom. The summed E-state index contributed by atoms with van der Waals surface area (Å²) in [7, 11) is -1.74. The fraction of sp³-hybridized carbons (Fsp3) is 0.585. The van der Waals surface area contributed by atoms with E-state index in [1.165, 1.54) is 46.1 Å². The normalized spacial score (nSPS) is 24.5.